The lowest BCUT2D eigenvalue weighted by Gasteiger charge is -2.16. The number of nitrogens with one attached hydrogen (secondary N) is 1. The number of terminal acetylenes is 1. The Kier molecular flexibility index (Phi) is 6.20. The molecular weight excluding hydrogens is 263 g/mol. The van der Waals surface area contributed by atoms with Crippen molar-refractivity contribution < 1.29 is 19.1 Å². The van der Waals surface area contributed by atoms with Gasteiger partial charge in [-0.1, -0.05) is 24.1 Å². The maximum Gasteiger partial charge on any atom is 0.317 e. The van der Waals surface area contributed by atoms with E-state index in [4.69, 9.17) is 11.5 Å². The number of hydrogen-bond donors (Lipinski definition) is 2. The summed E-state index contributed by atoms with van der Waals surface area (Å²) in [5, 5.41) is 11.2. The second kappa shape index (κ2) is 7.92. The summed E-state index contributed by atoms with van der Waals surface area (Å²) in [6.45, 7) is -0.371. The fourth-order valence-corrected chi connectivity index (χ4v) is 1.58. The monoisotopic (exact) mass is 278 g/mol. The molecule has 106 valence electrons. The van der Waals surface area contributed by atoms with Gasteiger partial charge < -0.3 is 10.4 Å². The third kappa shape index (κ3) is 5.50. The van der Waals surface area contributed by atoms with E-state index < -0.39 is 17.7 Å². The van der Waals surface area contributed by atoms with Crippen LogP contribution in [-0.2, 0) is 16.1 Å². The molecule has 1 amide bonds. The molecular formula is C14H15FN2O3. The molecule has 0 aliphatic carbocycles. The molecule has 0 aromatic heterocycles. The number of amides is 1. The Balaban J connectivity index is 2.48. The molecule has 0 saturated heterocycles. The summed E-state index contributed by atoms with van der Waals surface area (Å²) in [6.07, 6.45) is 5.10. The number of carboxylic acid groups (broad SMARTS) is 1. The molecule has 0 saturated carbocycles. The molecule has 20 heavy (non-hydrogen) atoms. The molecule has 0 unspecified atom stereocenters. The first-order chi connectivity index (χ1) is 9.52. The first-order valence-corrected chi connectivity index (χ1v) is 5.90. The lowest BCUT2D eigenvalue weighted by molar-refractivity contribution is -0.138. The van der Waals surface area contributed by atoms with Crippen LogP contribution in [0, 0.1) is 18.2 Å². The summed E-state index contributed by atoms with van der Waals surface area (Å²) in [5.74, 6) is 0.400. The van der Waals surface area contributed by atoms with Crippen molar-refractivity contribution in [1.82, 2.24) is 10.2 Å². The number of carboxylic acids is 1. The largest absolute Gasteiger partial charge is 0.480 e. The Morgan fingerprint density at radius 3 is 2.65 bits per heavy atom. The van der Waals surface area contributed by atoms with E-state index >= 15 is 0 Å². The van der Waals surface area contributed by atoms with Crippen molar-refractivity contribution in [3.8, 4) is 12.3 Å². The Hall–Kier alpha value is -2.39. The van der Waals surface area contributed by atoms with Crippen LogP contribution in [0.2, 0.25) is 0 Å². The maximum atomic E-state index is 13.3. The van der Waals surface area contributed by atoms with Gasteiger partial charge >= 0.3 is 5.97 Å². The lowest BCUT2D eigenvalue weighted by Crippen LogP contribution is -2.39. The number of benzene rings is 1. The van der Waals surface area contributed by atoms with Crippen LogP contribution < -0.4 is 5.32 Å². The van der Waals surface area contributed by atoms with Crippen LogP contribution in [-0.4, -0.2) is 41.5 Å². The van der Waals surface area contributed by atoms with E-state index in [1.54, 1.807) is 18.2 Å². The van der Waals surface area contributed by atoms with Crippen LogP contribution in [0.15, 0.2) is 24.3 Å². The number of rotatable bonds is 7. The van der Waals surface area contributed by atoms with Gasteiger partial charge in [-0.3, -0.25) is 14.5 Å². The van der Waals surface area contributed by atoms with E-state index in [0.717, 1.165) is 0 Å². The summed E-state index contributed by atoms with van der Waals surface area (Å²) in [5.41, 5.74) is 0.364. The maximum absolute atomic E-state index is 13.3. The average Bonchev–Trinajstić information content (AvgIpc) is 2.37. The van der Waals surface area contributed by atoms with Gasteiger partial charge in [0, 0.05) is 12.1 Å². The standard InChI is InChI=1S/C14H15FN2O3/c1-2-7-17(10-14(19)20)9-13(18)16-8-11-5-3-4-6-12(11)15/h1,3-6H,7-10H2,(H,16,18)(H,19,20). The van der Waals surface area contributed by atoms with E-state index in [-0.39, 0.29) is 26.2 Å². The highest BCUT2D eigenvalue weighted by Crippen LogP contribution is 2.05. The van der Waals surface area contributed by atoms with Gasteiger partial charge in [-0.05, 0) is 6.07 Å². The van der Waals surface area contributed by atoms with Crippen molar-refractivity contribution >= 4 is 11.9 Å². The molecule has 5 nitrogen and oxygen atoms in total. The molecule has 0 bridgehead atoms. The Morgan fingerprint density at radius 1 is 1.35 bits per heavy atom. The van der Waals surface area contributed by atoms with Crippen molar-refractivity contribution in [2.24, 2.45) is 0 Å². The van der Waals surface area contributed by atoms with Crippen molar-refractivity contribution in [3.63, 3.8) is 0 Å². The molecule has 0 heterocycles. The molecule has 1 rings (SSSR count). The van der Waals surface area contributed by atoms with E-state index in [1.165, 1.54) is 11.0 Å². The van der Waals surface area contributed by atoms with Gasteiger partial charge in [0.25, 0.3) is 0 Å². The topological polar surface area (TPSA) is 69.6 Å². The zero-order valence-corrected chi connectivity index (χ0v) is 10.8. The van der Waals surface area contributed by atoms with Crippen molar-refractivity contribution in [2.75, 3.05) is 19.6 Å². The predicted octanol–water partition coefficient (Wildman–Crippen LogP) is 0.462. The number of halogens is 1. The molecule has 0 atom stereocenters. The highest BCUT2D eigenvalue weighted by molar-refractivity contribution is 5.79. The van der Waals surface area contributed by atoms with Gasteiger partial charge in [0.1, 0.15) is 5.82 Å². The third-order valence-electron chi connectivity index (χ3n) is 2.47. The zero-order chi connectivity index (χ0) is 15.0. The molecule has 1 aromatic carbocycles. The van der Waals surface area contributed by atoms with Crippen LogP contribution in [0.4, 0.5) is 4.39 Å². The Morgan fingerprint density at radius 2 is 2.05 bits per heavy atom. The summed E-state index contributed by atoms with van der Waals surface area (Å²) in [6, 6.07) is 6.09. The van der Waals surface area contributed by atoms with Crippen molar-refractivity contribution in [1.29, 1.82) is 0 Å². The smallest absolute Gasteiger partial charge is 0.317 e. The molecule has 6 heteroatoms. The quantitative estimate of drug-likeness (QED) is 0.711. The molecule has 0 aliphatic rings. The molecule has 0 radical (unpaired) electrons. The van der Waals surface area contributed by atoms with Crippen LogP contribution in [0.3, 0.4) is 0 Å². The molecule has 0 aliphatic heterocycles. The van der Waals surface area contributed by atoms with Gasteiger partial charge in [0.2, 0.25) is 5.91 Å². The van der Waals surface area contributed by atoms with Crippen LogP contribution in [0.5, 0.6) is 0 Å². The van der Waals surface area contributed by atoms with Gasteiger partial charge in [0.05, 0.1) is 19.6 Å². The zero-order valence-electron chi connectivity index (χ0n) is 10.8. The fourth-order valence-electron chi connectivity index (χ4n) is 1.58. The first kappa shape index (κ1) is 15.7. The van der Waals surface area contributed by atoms with Crippen LogP contribution in [0.1, 0.15) is 5.56 Å². The first-order valence-electron chi connectivity index (χ1n) is 5.90. The average molecular weight is 278 g/mol. The van der Waals surface area contributed by atoms with E-state index in [0.29, 0.717) is 5.56 Å². The summed E-state index contributed by atoms with van der Waals surface area (Å²) in [7, 11) is 0. The van der Waals surface area contributed by atoms with Gasteiger partial charge in [-0.2, -0.15) is 0 Å². The highest BCUT2D eigenvalue weighted by atomic mass is 19.1. The van der Waals surface area contributed by atoms with E-state index in [9.17, 15) is 14.0 Å². The second-order valence-electron chi connectivity index (χ2n) is 4.11. The molecule has 1 aromatic rings. The Labute approximate surface area is 116 Å². The van der Waals surface area contributed by atoms with Crippen LogP contribution >= 0.6 is 0 Å². The minimum Gasteiger partial charge on any atom is -0.480 e. The number of hydrogen-bond acceptors (Lipinski definition) is 3. The van der Waals surface area contributed by atoms with Crippen LogP contribution in [0.25, 0.3) is 0 Å². The van der Waals surface area contributed by atoms with Crippen molar-refractivity contribution in [3.05, 3.63) is 35.6 Å². The van der Waals surface area contributed by atoms with E-state index in [1.807, 2.05) is 0 Å². The summed E-state index contributed by atoms with van der Waals surface area (Å²) >= 11 is 0. The molecule has 0 spiro atoms. The molecule has 2 N–H and O–H groups in total. The van der Waals surface area contributed by atoms with Gasteiger partial charge in [-0.15, -0.1) is 6.42 Å². The minimum atomic E-state index is -1.07. The van der Waals surface area contributed by atoms with Gasteiger partial charge in [-0.25, -0.2) is 4.39 Å². The lowest BCUT2D eigenvalue weighted by atomic mass is 10.2. The van der Waals surface area contributed by atoms with E-state index in [2.05, 4.69) is 11.2 Å². The number of carbonyl (C=O) groups is 2. The SMILES string of the molecule is C#CCN(CC(=O)O)CC(=O)NCc1ccccc1F. The van der Waals surface area contributed by atoms with Crippen molar-refractivity contribution in [2.45, 2.75) is 6.54 Å². The molecule has 0 fully saturated rings. The Bertz CT molecular complexity index is 525. The predicted molar refractivity (Wildman–Crippen MR) is 71.2 cm³/mol. The summed E-state index contributed by atoms with van der Waals surface area (Å²) in [4.78, 5) is 23.6. The third-order valence-corrected chi connectivity index (χ3v) is 2.47. The van der Waals surface area contributed by atoms with Gasteiger partial charge in [0.15, 0.2) is 0 Å². The fraction of sp³-hybridized carbons (Fsp3) is 0.286. The second-order valence-corrected chi connectivity index (χ2v) is 4.11. The minimum absolute atomic E-state index is 0.0441. The number of nitrogens with zero attached hydrogens (tertiary/aromatic N) is 1. The normalized spacial score (nSPS) is 10.1. The summed E-state index contributed by atoms with van der Waals surface area (Å²) < 4.78 is 13.3. The number of aliphatic carboxylic acids is 1. The highest BCUT2D eigenvalue weighted by Gasteiger charge is 2.13. The number of carbonyl (C=O) groups excluding carboxylic acids is 1.